The van der Waals surface area contributed by atoms with Crippen molar-refractivity contribution in [3.63, 3.8) is 0 Å². The zero-order valence-electron chi connectivity index (χ0n) is 15.8. The van der Waals surface area contributed by atoms with E-state index in [-0.39, 0.29) is 17.9 Å². The standard InChI is InChI=1S/C20H26F3N3O2/c21-20(22,23)15-4-1-7-17(12-15)28-18-13-26(14-18)19(27)25-9-3-8-24(10-11-25)16-5-2-6-16/h1,4,7,12,16,18H,2-3,5-6,8-11,13-14H2. The minimum atomic E-state index is -4.39. The summed E-state index contributed by atoms with van der Waals surface area (Å²) in [5, 5.41) is 0. The molecule has 2 aliphatic heterocycles. The highest BCUT2D eigenvalue weighted by molar-refractivity contribution is 5.75. The van der Waals surface area contributed by atoms with Crippen molar-refractivity contribution in [2.24, 2.45) is 0 Å². The van der Waals surface area contributed by atoms with E-state index >= 15 is 0 Å². The molecule has 2 saturated heterocycles. The highest BCUT2D eigenvalue weighted by atomic mass is 19.4. The third-order valence-electron chi connectivity index (χ3n) is 5.97. The number of alkyl halides is 3. The number of rotatable bonds is 3. The summed E-state index contributed by atoms with van der Waals surface area (Å²) in [6.45, 7) is 4.31. The Morgan fingerprint density at radius 1 is 1.00 bits per heavy atom. The number of carbonyl (C=O) groups excluding carboxylic acids is 1. The second kappa shape index (κ2) is 7.81. The van der Waals surface area contributed by atoms with Gasteiger partial charge in [-0.1, -0.05) is 12.5 Å². The van der Waals surface area contributed by atoms with Crippen LogP contribution >= 0.6 is 0 Å². The van der Waals surface area contributed by atoms with Gasteiger partial charge >= 0.3 is 12.2 Å². The van der Waals surface area contributed by atoms with E-state index in [1.165, 1.54) is 31.4 Å². The summed E-state index contributed by atoms with van der Waals surface area (Å²) in [4.78, 5) is 18.8. The fourth-order valence-electron chi connectivity index (χ4n) is 4.05. The molecule has 5 nitrogen and oxygen atoms in total. The van der Waals surface area contributed by atoms with Gasteiger partial charge in [0, 0.05) is 32.2 Å². The summed E-state index contributed by atoms with van der Waals surface area (Å²) in [5.74, 6) is 0.192. The second-order valence-corrected chi connectivity index (χ2v) is 7.91. The molecule has 3 fully saturated rings. The van der Waals surface area contributed by atoms with Gasteiger partial charge in [-0.2, -0.15) is 13.2 Å². The number of hydrogen-bond donors (Lipinski definition) is 0. The van der Waals surface area contributed by atoms with Crippen LogP contribution in [0, 0.1) is 0 Å². The van der Waals surface area contributed by atoms with Gasteiger partial charge in [0.2, 0.25) is 0 Å². The predicted molar refractivity (Wildman–Crippen MR) is 98.2 cm³/mol. The van der Waals surface area contributed by atoms with Crippen molar-refractivity contribution in [1.82, 2.24) is 14.7 Å². The Kier molecular flexibility index (Phi) is 5.40. The predicted octanol–water partition coefficient (Wildman–Crippen LogP) is 3.45. The van der Waals surface area contributed by atoms with Crippen molar-refractivity contribution in [3.8, 4) is 5.75 Å². The Labute approximate surface area is 163 Å². The van der Waals surface area contributed by atoms with Crippen LogP contribution in [0.5, 0.6) is 5.75 Å². The molecule has 154 valence electrons. The van der Waals surface area contributed by atoms with Gasteiger partial charge in [-0.05, 0) is 37.5 Å². The third-order valence-corrected chi connectivity index (χ3v) is 5.97. The Morgan fingerprint density at radius 2 is 1.79 bits per heavy atom. The highest BCUT2D eigenvalue weighted by Crippen LogP contribution is 2.32. The minimum absolute atomic E-state index is 0.0133. The Balaban J connectivity index is 1.25. The number of nitrogens with zero attached hydrogens (tertiary/aromatic N) is 3. The Hall–Kier alpha value is -1.96. The molecule has 1 saturated carbocycles. The monoisotopic (exact) mass is 397 g/mol. The first kappa shape index (κ1) is 19.4. The van der Waals surface area contributed by atoms with E-state index < -0.39 is 11.7 Å². The first-order valence-electron chi connectivity index (χ1n) is 10.0. The highest BCUT2D eigenvalue weighted by Gasteiger charge is 2.37. The molecule has 0 radical (unpaired) electrons. The van der Waals surface area contributed by atoms with E-state index in [0.29, 0.717) is 19.1 Å². The molecule has 3 aliphatic rings. The van der Waals surface area contributed by atoms with Crippen LogP contribution < -0.4 is 4.74 Å². The molecule has 28 heavy (non-hydrogen) atoms. The van der Waals surface area contributed by atoms with Crippen LogP contribution in [-0.4, -0.2) is 72.1 Å². The molecule has 2 amide bonds. The fraction of sp³-hybridized carbons (Fsp3) is 0.650. The summed E-state index contributed by atoms with van der Waals surface area (Å²) in [6, 6.07) is 5.60. The lowest BCUT2D eigenvalue weighted by atomic mass is 9.91. The van der Waals surface area contributed by atoms with Crippen LogP contribution in [0.25, 0.3) is 0 Å². The average molecular weight is 397 g/mol. The first-order chi connectivity index (χ1) is 13.4. The third kappa shape index (κ3) is 4.21. The smallest absolute Gasteiger partial charge is 0.416 e. The quantitative estimate of drug-likeness (QED) is 0.784. The molecule has 1 aromatic carbocycles. The number of amides is 2. The van der Waals surface area contributed by atoms with Crippen LogP contribution in [-0.2, 0) is 6.18 Å². The van der Waals surface area contributed by atoms with Crippen molar-refractivity contribution in [3.05, 3.63) is 29.8 Å². The molecule has 0 unspecified atom stereocenters. The zero-order chi connectivity index (χ0) is 19.7. The number of likely N-dealkylation sites (tertiary alicyclic amines) is 1. The molecule has 4 rings (SSSR count). The number of benzene rings is 1. The summed E-state index contributed by atoms with van der Waals surface area (Å²) >= 11 is 0. The number of halogens is 3. The molecular weight excluding hydrogens is 371 g/mol. The maximum Gasteiger partial charge on any atom is 0.416 e. The molecular formula is C20H26F3N3O2. The SMILES string of the molecule is O=C(N1CCCN(C2CCC2)CC1)N1CC(Oc2cccc(C(F)(F)F)c2)C1. The normalized spacial score (nSPS) is 22.4. The summed E-state index contributed by atoms with van der Waals surface area (Å²) < 4.78 is 44.0. The maximum absolute atomic E-state index is 12.8. The lowest BCUT2D eigenvalue weighted by molar-refractivity contribution is -0.137. The molecule has 1 aromatic rings. The fourth-order valence-corrected chi connectivity index (χ4v) is 4.05. The van der Waals surface area contributed by atoms with Gasteiger partial charge in [-0.15, -0.1) is 0 Å². The zero-order valence-corrected chi connectivity index (χ0v) is 15.8. The van der Waals surface area contributed by atoms with Gasteiger partial charge in [0.25, 0.3) is 0 Å². The number of ether oxygens (including phenoxy) is 1. The number of carbonyl (C=O) groups is 1. The van der Waals surface area contributed by atoms with E-state index in [1.54, 1.807) is 4.90 Å². The lowest BCUT2D eigenvalue weighted by Crippen LogP contribution is -2.60. The molecule has 0 bridgehead atoms. The van der Waals surface area contributed by atoms with E-state index in [1.807, 2.05) is 4.90 Å². The molecule has 1 aliphatic carbocycles. The molecule has 2 heterocycles. The molecule has 0 atom stereocenters. The number of hydrogen-bond acceptors (Lipinski definition) is 3. The van der Waals surface area contributed by atoms with Crippen molar-refractivity contribution in [2.45, 2.75) is 44.0 Å². The van der Waals surface area contributed by atoms with E-state index in [0.717, 1.165) is 44.7 Å². The molecule has 8 heteroatoms. The van der Waals surface area contributed by atoms with Crippen LogP contribution in [0.1, 0.15) is 31.2 Å². The average Bonchev–Trinajstić information content (AvgIpc) is 2.81. The van der Waals surface area contributed by atoms with Gasteiger partial charge in [-0.25, -0.2) is 4.79 Å². The van der Waals surface area contributed by atoms with Gasteiger partial charge in [0.05, 0.1) is 18.7 Å². The van der Waals surface area contributed by atoms with Gasteiger partial charge < -0.3 is 14.5 Å². The maximum atomic E-state index is 12.8. The summed E-state index contributed by atoms with van der Waals surface area (Å²) in [6.07, 6.45) is 0.195. The van der Waals surface area contributed by atoms with E-state index in [4.69, 9.17) is 4.74 Å². The second-order valence-electron chi connectivity index (χ2n) is 7.91. The van der Waals surface area contributed by atoms with Crippen LogP contribution in [0.3, 0.4) is 0 Å². The Morgan fingerprint density at radius 3 is 2.46 bits per heavy atom. The van der Waals surface area contributed by atoms with Crippen LogP contribution in [0.15, 0.2) is 24.3 Å². The van der Waals surface area contributed by atoms with Crippen molar-refractivity contribution < 1.29 is 22.7 Å². The van der Waals surface area contributed by atoms with Crippen LogP contribution in [0.2, 0.25) is 0 Å². The summed E-state index contributed by atoms with van der Waals surface area (Å²) in [5.41, 5.74) is -0.724. The first-order valence-corrected chi connectivity index (χ1v) is 10.0. The summed E-state index contributed by atoms with van der Waals surface area (Å²) in [7, 11) is 0. The van der Waals surface area contributed by atoms with Crippen molar-refractivity contribution in [1.29, 1.82) is 0 Å². The van der Waals surface area contributed by atoms with E-state index in [2.05, 4.69) is 4.90 Å². The van der Waals surface area contributed by atoms with Crippen LogP contribution in [0.4, 0.5) is 18.0 Å². The van der Waals surface area contributed by atoms with E-state index in [9.17, 15) is 18.0 Å². The van der Waals surface area contributed by atoms with Crippen molar-refractivity contribution in [2.75, 3.05) is 39.3 Å². The minimum Gasteiger partial charge on any atom is -0.487 e. The molecule has 0 aromatic heterocycles. The van der Waals surface area contributed by atoms with Gasteiger partial charge in [-0.3, -0.25) is 4.90 Å². The molecule has 0 spiro atoms. The van der Waals surface area contributed by atoms with Crippen molar-refractivity contribution >= 4 is 6.03 Å². The molecule has 0 N–H and O–H groups in total. The Bertz CT molecular complexity index is 702. The lowest BCUT2D eigenvalue weighted by Gasteiger charge is -2.41. The van der Waals surface area contributed by atoms with Gasteiger partial charge in [0.15, 0.2) is 0 Å². The number of urea groups is 1. The topological polar surface area (TPSA) is 36.0 Å². The van der Waals surface area contributed by atoms with Gasteiger partial charge in [0.1, 0.15) is 11.9 Å². The largest absolute Gasteiger partial charge is 0.487 e.